The smallest absolute Gasteiger partial charge is 0.251 e. The lowest BCUT2D eigenvalue weighted by Gasteiger charge is -2.28. The first-order valence-electron chi connectivity index (χ1n) is 8.78. The first-order chi connectivity index (χ1) is 12.6. The summed E-state index contributed by atoms with van der Waals surface area (Å²) in [7, 11) is 0. The van der Waals surface area contributed by atoms with E-state index >= 15 is 0 Å². The molecule has 1 amide bonds. The second-order valence-electron chi connectivity index (χ2n) is 6.13. The molecule has 1 aliphatic rings. The molecule has 26 heavy (non-hydrogen) atoms. The highest BCUT2D eigenvalue weighted by atomic mass is 16.5. The van der Waals surface area contributed by atoms with Gasteiger partial charge in [0.2, 0.25) is 5.88 Å². The normalized spacial score (nSPS) is 14.2. The number of carbonyl (C=O) groups is 1. The topological polar surface area (TPSA) is 76.6 Å². The van der Waals surface area contributed by atoms with Gasteiger partial charge in [-0.15, -0.1) is 0 Å². The van der Waals surface area contributed by atoms with Gasteiger partial charge in [0, 0.05) is 24.7 Å². The van der Waals surface area contributed by atoms with Crippen molar-refractivity contribution in [3.63, 3.8) is 0 Å². The minimum Gasteiger partial charge on any atom is -0.476 e. The van der Waals surface area contributed by atoms with E-state index in [1.807, 2.05) is 44.2 Å². The van der Waals surface area contributed by atoms with Gasteiger partial charge in [-0.3, -0.25) is 4.79 Å². The van der Waals surface area contributed by atoms with E-state index in [0.29, 0.717) is 43.6 Å². The molecule has 1 N–H and O–H groups in total. The molecule has 1 saturated heterocycles. The Bertz CT molecular complexity index is 760. The Labute approximate surface area is 153 Å². The Morgan fingerprint density at radius 3 is 2.77 bits per heavy atom. The van der Waals surface area contributed by atoms with Crippen LogP contribution in [0.25, 0.3) is 0 Å². The number of hydrogen-bond acceptors (Lipinski definition) is 6. The predicted octanol–water partition coefficient (Wildman–Crippen LogP) is 1.74. The summed E-state index contributed by atoms with van der Waals surface area (Å²) in [5, 5.41) is 2.87. The average molecular weight is 356 g/mol. The molecule has 3 rings (SSSR count). The molecule has 1 aromatic heterocycles. The molecular formula is C19H24N4O3. The van der Waals surface area contributed by atoms with Crippen molar-refractivity contribution in [2.24, 2.45) is 0 Å². The Morgan fingerprint density at radius 2 is 2.00 bits per heavy atom. The number of amides is 1. The summed E-state index contributed by atoms with van der Waals surface area (Å²) in [4.78, 5) is 23.1. The molecule has 0 unspecified atom stereocenters. The van der Waals surface area contributed by atoms with E-state index in [1.54, 1.807) is 0 Å². The molecule has 1 fully saturated rings. The van der Waals surface area contributed by atoms with Crippen molar-refractivity contribution in [2.45, 2.75) is 13.8 Å². The molecule has 138 valence electrons. The van der Waals surface area contributed by atoms with Crippen molar-refractivity contribution < 1.29 is 14.3 Å². The van der Waals surface area contributed by atoms with Crippen LogP contribution in [0.15, 0.2) is 30.3 Å². The van der Waals surface area contributed by atoms with E-state index in [4.69, 9.17) is 9.47 Å². The van der Waals surface area contributed by atoms with Gasteiger partial charge in [-0.2, -0.15) is 4.98 Å². The number of carbonyl (C=O) groups excluding carboxylic acids is 1. The fraction of sp³-hybridized carbons (Fsp3) is 0.421. The van der Waals surface area contributed by atoms with Gasteiger partial charge < -0.3 is 19.7 Å². The van der Waals surface area contributed by atoms with Crippen molar-refractivity contribution in [1.82, 2.24) is 15.3 Å². The summed E-state index contributed by atoms with van der Waals surface area (Å²) >= 11 is 0. The SMILES string of the molecule is Cc1nc(OCCNC(=O)c2ccccc2C)cc(N2CCOCC2)n1. The molecule has 1 aromatic carbocycles. The zero-order valence-corrected chi connectivity index (χ0v) is 15.2. The van der Waals surface area contributed by atoms with E-state index in [2.05, 4.69) is 20.2 Å². The molecule has 2 aromatic rings. The van der Waals surface area contributed by atoms with E-state index in [0.717, 1.165) is 24.5 Å². The first kappa shape index (κ1) is 18.1. The summed E-state index contributed by atoms with van der Waals surface area (Å²) in [6, 6.07) is 9.34. The molecule has 0 bridgehead atoms. The van der Waals surface area contributed by atoms with Gasteiger partial charge in [0.1, 0.15) is 18.2 Å². The molecule has 0 saturated carbocycles. The van der Waals surface area contributed by atoms with Gasteiger partial charge in [0.05, 0.1) is 19.8 Å². The van der Waals surface area contributed by atoms with E-state index in [-0.39, 0.29) is 5.91 Å². The lowest BCUT2D eigenvalue weighted by Crippen LogP contribution is -2.37. The Hall–Kier alpha value is -2.67. The number of nitrogens with one attached hydrogen (secondary N) is 1. The number of nitrogens with zero attached hydrogens (tertiary/aromatic N) is 3. The largest absolute Gasteiger partial charge is 0.476 e. The number of aromatic nitrogens is 2. The van der Waals surface area contributed by atoms with Gasteiger partial charge in [0.25, 0.3) is 5.91 Å². The van der Waals surface area contributed by atoms with Crippen LogP contribution in [0.4, 0.5) is 5.82 Å². The number of anilines is 1. The van der Waals surface area contributed by atoms with Gasteiger partial charge in [0.15, 0.2) is 0 Å². The maximum absolute atomic E-state index is 12.2. The number of morpholine rings is 1. The molecule has 7 nitrogen and oxygen atoms in total. The lowest BCUT2D eigenvalue weighted by molar-refractivity contribution is 0.0946. The van der Waals surface area contributed by atoms with Crippen LogP contribution in [0.2, 0.25) is 0 Å². The molecular weight excluding hydrogens is 332 g/mol. The molecule has 0 aliphatic carbocycles. The van der Waals surface area contributed by atoms with Gasteiger partial charge >= 0.3 is 0 Å². The van der Waals surface area contributed by atoms with E-state index < -0.39 is 0 Å². The zero-order valence-electron chi connectivity index (χ0n) is 15.2. The van der Waals surface area contributed by atoms with Crippen LogP contribution >= 0.6 is 0 Å². The molecule has 0 radical (unpaired) electrons. The fourth-order valence-electron chi connectivity index (χ4n) is 2.80. The quantitative estimate of drug-likeness (QED) is 0.795. The second kappa shape index (κ2) is 8.62. The summed E-state index contributed by atoms with van der Waals surface area (Å²) in [5.41, 5.74) is 1.63. The lowest BCUT2D eigenvalue weighted by atomic mass is 10.1. The highest BCUT2D eigenvalue weighted by molar-refractivity contribution is 5.95. The van der Waals surface area contributed by atoms with Crippen molar-refractivity contribution >= 4 is 11.7 Å². The van der Waals surface area contributed by atoms with Crippen LogP contribution in [0, 0.1) is 13.8 Å². The number of benzene rings is 1. The zero-order chi connectivity index (χ0) is 18.4. The van der Waals surface area contributed by atoms with Crippen LogP contribution in [0.5, 0.6) is 5.88 Å². The third-order valence-electron chi connectivity index (χ3n) is 4.16. The molecule has 2 heterocycles. The minimum atomic E-state index is -0.0976. The second-order valence-corrected chi connectivity index (χ2v) is 6.13. The standard InChI is InChI=1S/C19H24N4O3/c1-14-5-3-4-6-16(14)19(24)20-7-10-26-18-13-17(21-15(2)22-18)23-8-11-25-12-9-23/h3-6,13H,7-12H2,1-2H3,(H,20,24). The van der Waals surface area contributed by atoms with Crippen molar-refractivity contribution in [1.29, 1.82) is 0 Å². The van der Waals surface area contributed by atoms with E-state index in [9.17, 15) is 4.79 Å². The number of rotatable bonds is 6. The first-order valence-corrected chi connectivity index (χ1v) is 8.78. The fourth-order valence-corrected chi connectivity index (χ4v) is 2.80. The Kier molecular flexibility index (Phi) is 6.01. The summed E-state index contributed by atoms with van der Waals surface area (Å²) in [6.07, 6.45) is 0. The minimum absolute atomic E-state index is 0.0976. The van der Waals surface area contributed by atoms with Crippen molar-refractivity contribution in [3.8, 4) is 5.88 Å². The molecule has 0 atom stereocenters. The highest BCUT2D eigenvalue weighted by Crippen LogP contribution is 2.18. The monoisotopic (exact) mass is 356 g/mol. The predicted molar refractivity (Wildman–Crippen MR) is 98.8 cm³/mol. The van der Waals surface area contributed by atoms with Crippen LogP contribution in [-0.4, -0.2) is 55.3 Å². The highest BCUT2D eigenvalue weighted by Gasteiger charge is 2.14. The average Bonchev–Trinajstić information content (AvgIpc) is 2.66. The maximum Gasteiger partial charge on any atom is 0.251 e. The summed E-state index contributed by atoms with van der Waals surface area (Å²) in [5.74, 6) is 1.93. The van der Waals surface area contributed by atoms with E-state index in [1.165, 1.54) is 0 Å². The van der Waals surface area contributed by atoms with Gasteiger partial charge in [-0.25, -0.2) is 4.98 Å². The van der Waals surface area contributed by atoms with Crippen LogP contribution in [0.3, 0.4) is 0 Å². The molecule has 7 heteroatoms. The van der Waals surface area contributed by atoms with Crippen molar-refractivity contribution in [2.75, 3.05) is 44.4 Å². The Balaban J connectivity index is 1.52. The maximum atomic E-state index is 12.2. The van der Waals surface area contributed by atoms with Crippen LogP contribution < -0.4 is 15.0 Å². The summed E-state index contributed by atoms with van der Waals surface area (Å²) < 4.78 is 11.1. The third-order valence-corrected chi connectivity index (χ3v) is 4.16. The van der Waals surface area contributed by atoms with Crippen LogP contribution in [-0.2, 0) is 4.74 Å². The molecule has 1 aliphatic heterocycles. The third kappa shape index (κ3) is 4.70. The summed E-state index contributed by atoms with van der Waals surface area (Å²) in [6.45, 7) is 7.53. The number of hydrogen-bond donors (Lipinski definition) is 1. The van der Waals surface area contributed by atoms with Gasteiger partial charge in [-0.05, 0) is 25.5 Å². The molecule has 0 spiro atoms. The van der Waals surface area contributed by atoms with Crippen molar-refractivity contribution in [3.05, 3.63) is 47.3 Å². The Morgan fingerprint density at radius 1 is 1.23 bits per heavy atom. The number of aryl methyl sites for hydroxylation is 2. The van der Waals surface area contributed by atoms with Gasteiger partial charge in [-0.1, -0.05) is 18.2 Å². The number of ether oxygens (including phenoxy) is 2. The van der Waals surface area contributed by atoms with Crippen LogP contribution in [0.1, 0.15) is 21.7 Å².